The number of nitrogens with zero attached hydrogens (tertiary/aromatic N) is 2. The Bertz CT molecular complexity index is 540. The molecule has 4 N–H and O–H groups in total. The second-order valence-corrected chi connectivity index (χ2v) is 4.39. The van der Waals surface area contributed by atoms with Gasteiger partial charge in [-0.05, 0) is 6.92 Å². The fourth-order valence-corrected chi connectivity index (χ4v) is 2.06. The Morgan fingerprint density at radius 3 is 3.00 bits per heavy atom. The number of hydrogen-bond donors (Lipinski definition) is 3. The number of aliphatic hydroxyl groups excluding tert-OH is 2. The van der Waals surface area contributed by atoms with Crippen LogP contribution in [0.25, 0.3) is 6.08 Å². The first-order valence-corrected chi connectivity index (χ1v) is 6.02. The van der Waals surface area contributed by atoms with Gasteiger partial charge in [0.1, 0.15) is 18.1 Å². The smallest absolute Gasteiger partial charge is 0.351 e. The first-order chi connectivity index (χ1) is 9.06. The molecule has 19 heavy (non-hydrogen) atoms. The maximum atomic E-state index is 11.8. The Balaban J connectivity index is 2.35. The lowest BCUT2D eigenvalue weighted by Crippen LogP contribution is -2.28. The zero-order valence-electron chi connectivity index (χ0n) is 10.6. The minimum absolute atomic E-state index is 0.150. The fourth-order valence-electron chi connectivity index (χ4n) is 2.06. The van der Waals surface area contributed by atoms with Crippen molar-refractivity contribution in [3.8, 4) is 0 Å². The van der Waals surface area contributed by atoms with E-state index in [1.165, 1.54) is 4.57 Å². The Morgan fingerprint density at radius 2 is 2.42 bits per heavy atom. The zero-order valence-corrected chi connectivity index (χ0v) is 10.6. The molecular formula is C12H17N3O4. The van der Waals surface area contributed by atoms with Crippen molar-refractivity contribution in [2.45, 2.75) is 31.8 Å². The number of nitrogens with two attached hydrogens (primary N) is 1. The van der Waals surface area contributed by atoms with E-state index in [-0.39, 0.29) is 18.8 Å². The Hall–Kier alpha value is -1.70. The third-order valence-electron chi connectivity index (χ3n) is 3.05. The van der Waals surface area contributed by atoms with Crippen LogP contribution >= 0.6 is 0 Å². The summed E-state index contributed by atoms with van der Waals surface area (Å²) in [4.78, 5) is 15.5. The molecule has 1 saturated heterocycles. The lowest BCUT2D eigenvalue weighted by molar-refractivity contribution is -0.0458. The molecule has 0 bridgehead atoms. The van der Waals surface area contributed by atoms with Crippen LogP contribution in [0.2, 0.25) is 0 Å². The highest BCUT2D eigenvalue weighted by Crippen LogP contribution is 2.27. The predicted molar refractivity (Wildman–Crippen MR) is 69.2 cm³/mol. The molecule has 1 aliphatic heterocycles. The zero-order chi connectivity index (χ0) is 14.0. The molecule has 2 heterocycles. The van der Waals surface area contributed by atoms with Gasteiger partial charge in [-0.3, -0.25) is 4.57 Å². The summed E-state index contributed by atoms with van der Waals surface area (Å²) >= 11 is 0. The van der Waals surface area contributed by atoms with Crippen LogP contribution in [-0.2, 0) is 4.74 Å². The summed E-state index contributed by atoms with van der Waals surface area (Å²) in [6.07, 6.45) is 3.16. The van der Waals surface area contributed by atoms with E-state index in [9.17, 15) is 9.90 Å². The van der Waals surface area contributed by atoms with Crippen LogP contribution in [0.5, 0.6) is 0 Å². The molecule has 104 valence electrons. The molecule has 1 unspecified atom stereocenters. The van der Waals surface area contributed by atoms with Gasteiger partial charge in [0.05, 0.1) is 12.7 Å². The molecule has 0 radical (unpaired) electrons. The average Bonchev–Trinajstić information content (AvgIpc) is 2.74. The second-order valence-electron chi connectivity index (χ2n) is 4.39. The van der Waals surface area contributed by atoms with Gasteiger partial charge in [-0.2, -0.15) is 4.98 Å². The number of rotatable bonds is 3. The van der Waals surface area contributed by atoms with Crippen LogP contribution in [0.1, 0.15) is 25.1 Å². The summed E-state index contributed by atoms with van der Waals surface area (Å²) in [6.45, 7) is 1.53. The largest absolute Gasteiger partial charge is 0.394 e. The SMILES string of the molecule is CC=Cc1cn([C@H]2CC(O)[C@@H](CO)O2)c(=O)nc1N. The van der Waals surface area contributed by atoms with Crippen molar-refractivity contribution in [2.75, 3.05) is 12.3 Å². The van der Waals surface area contributed by atoms with Crippen molar-refractivity contribution < 1.29 is 14.9 Å². The molecule has 0 aromatic carbocycles. The molecule has 0 spiro atoms. The number of aromatic nitrogens is 2. The number of aliphatic hydroxyl groups is 2. The number of ether oxygens (including phenoxy) is 1. The van der Waals surface area contributed by atoms with Gasteiger partial charge in [0.2, 0.25) is 0 Å². The van der Waals surface area contributed by atoms with Crippen LogP contribution in [0.3, 0.4) is 0 Å². The highest BCUT2D eigenvalue weighted by atomic mass is 16.5. The van der Waals surface area contributed by atoms with Gasteiger partial charge < -0.3 is 20.7 Å². The van der Waals surface area contributed by atoms with Gasteiger partial charge in [-0.1, -0.05) is 12.2 Å². The third kappa shape index (κ3) is 2.67. The van der Waals surface area contributed by atoms with Crippen molar-refractivity contribution in [3.63, 3.8) is 0 Å². The van der Waals surface area contributed by atoms with Gasteiger partial charge in [-0.25, -0.2) is 4.79 Å². The van der Waals surface area contributed by atoms with E-state index in [4.69, 9.17) is 15.6 Å². The molecule has 2 rings (SSSR count). The van der Waals surface area contributed by atoms with Crippen molar-refractivity contribution in [1.29, 1.82) is 0 Å². The minimum Gasteiger partial charge on any atom is -0.394 e. The van der Waals surface area contributed by atoms with Gasteiger partial charge >= 0.3 is 5.69 Å². The van der Waals surface area contributed by atoms with Crippen LogP contribution in [0.4, 0.5) is 5.82 Å². The average molecular weight is 267 g/mol. The van der Waals surface area contributed by atoms with E-state index < -0.39 is 24.1 Å². The van der Waals surface area contributed by atoms with E-state index in [0.717, 1.165) is 0 Å². The molecule has 1 aromatic heterocycles. The van der Waals surface area contributed by atoms with Crippen LogP contribution < -0.4 is 11.4 Å². The number of nitrogen functional groups attached to an aromatic ring is 1. The van der Waals surface area contributed by atoms with Gasteiger partial charge in [0.25, 0.3) is 0 Å². The molecular weight excluding hydrogens is 250 g/mol. The molecule has 1 fully saturated rings. The van der Waals surface area contributed by atoms with Crippen molar-refractivity contribution in [2.24, 2.45) is 0 Å². The molecule has 7 nitrogen and oxygen atoms in total. The van der Waals surface area contributed by atoms with E-state index >= 15 is 0 Å². The topological polar surface area (TPSA) is 111 Å². The van der Waals surface area contributed by atoms with E-state index in [0.29, 0.717) is 5.56 Å². The number of anilines is 1. The molecule has 1 aromatic rings. The third-order valence-corrected chi connectivity index (χ3v) is 3.05. The predicted octanol–water partition coefficient (Wildman–Crippen LogP) is -0.501. The Morgan fingerprint density at radius 1 is 1.68 bits per heavy atom. The lowest BCUT2D eigenvalue weighted by Gasteiger charge is -2.15. The molecule has 7 heteroatoms. The van der Waals surface area contributed by atoms with Crippen LogP contribution in [0.15, 0.2) is 17.1 Å². The highest BCUT2D eigenvalue weighted by molar-refractivity contribution is 5.59. The van der Waals surface area contributed by atoms with E-state index in [1.54, 1.807) is 18.3 Å². The number of hydrogen-bond acceptors (Lipinski definition) is 6. The van der Waals surface area contributed by atoms with Crippen molar-refractivity contribution in [3.05, 3.63) is 28.3 Å². The minimum atomic E-state index is -0.801. The summed E-state index contributed by atoms with van der Waals surface area (Å²) < 4.78 is 6.70. The maximum absolute atomic E-state index is 11.8. The van der Waals surface area contributed by atoms with Crippen molar-refractivity contribution >= 4 is 11.9 Å². The normalized spacial score (nSPS) is 27.2. The molecule has 0 amide bonds. The first kappa shape index (κ1) is 13.7. The standard InChI is InChI=1S/C12H17N3O4/c1-2-3-7-5-15(12(18)14-11(7)13)10-4-8(17)9(6-16)19-10/h2-3,5,8-10,16-17H,4,6H2,1H3,(H2,13,14,18)/t8?,9-,10-/m1/s1. The van der Waals surface area contributed by atoms with E-state index in [2.05, 4.69) is 4.98 Å². The molecule has 3 atom stereocenters. The summed E-state index contributed by atoms with van der Waals surface area (Å²) in [5.74, 6) is 0.150. The van der Waals surface area contributed by atoms with Gasteiger partial charge in [0, 0.05) is 18.2 Å². The van der Waals surface area contributed by atoms with Crippen LogP contribution in [0, 0.1) is 0 Å². The quantitative estimate of drug-likeness (QED) is 0.681. The number of allylic oxidation sites excluding steroid dienone is 1. The monoisotopic (exact) mass is 267 g/mol. The summed E-state index contributed by atoms with van der Waals surface area (Å²) in [5, 5.41) is 18.7. The fraction of sp³-hybridized carbons (Fsp3) is 0.500. The summed E-state index contributed by atoms with van der Waals surface area (Å²) in [6, 6.07) is 0. The molecule has 0 aliphatic carbocycles. The van der Waals surface area contributed by atoms with E-state index in [1.807, 2.05) is 6.92 Å². The Kier molecular flexibility index (Phi) is 3.98. The molecule has 1 aliphatic rings. The van der Waals surface area contributed by atoms with Crippen LogP contribution in [-0.4, -0.2) is 38.6 Å². The summed E-state index contributed by atoms with van der Waals surface area (Å²) in [7, 11) is 0. The van der Waals surface area contributed by atoms with Gasteiger partial charge in [-0.15, -0.1) is 0 Å². The maximum Gasteiger partial charge on any atom is 0.351 e. The Labute approximate surface area is 110 Å². The van der Waals surface area contributed by atoms with Crippen molar-refractivity contribution in [1.82, 2.24) is 9.55 Å². The van der Waals surface area contributed by atoms with Gasteiger partial charge in [0.15, 0.2) is 0 Å². The highest BCUT2D eigenvalue weighted by Gasteiger charge is 2.35. The molecule has 0 saturated carbocycles. The second kappa shape index (κ2) is 5.52. The first-order valence-electron chi connectivity index (χ1n) is 6.02. The lowest BCUT2D eigenvalue weighted by atomic mass is 10.2. The summed E-state index contributed by atoms with van der Waals surface area (Å²) in [5.41, 5.74) is 5.71.